The number of nitrogens with one attached hydrogen (secondary N) is 1. The molecule has 2 saturated heterocycles. The Bertz CT molecular complexity index is 187. The van der Waals surface area contributed by atoms with Gasteiger partial charge in [-0.2, -0.15) is 0 Å². The Morgan fingerprint density at radius 2 is 2.00 bits per heavy atom. The summed E-state index contributed by atoms with van der Waals surface area (Å²) in [6, 6.07) is 0. The first-order chi connectivity index (χ1) is 6.35. The number of amides is 1. The summed E-state index contributed by atoms with van der Waals surface area (Å²) in [6.07, 6.45) is 7.26. The maximum Gasteiger partial charge on any atom is 0.209 e. The molecule has 2 aliphatic heterocycles. The van der Waals surface area contributed by atoms with E-state index in [4.69, 9.17) is 0 Å². The molecule has 14 heavy (non-hydrogen) atoms. The van der Waals surface area contributed by atoms with Crippen molar-refractivity contribution in [3.8, 4) is 0 Å². The maximum absolute atomic E-state index is 10.7. The van der Waals surface area contributed by atoms with E-state index in [0.29, 0.717) is 0 Å². The summed E-state index contributed by atoms with van der Waals surface area (Å²) >= 11 is 0. The van der Waals surface area contributed by atoms with Gasteiger partial charge in [0.15, 0.2) is 0 Å². The first-order valence-electron chi connectivity index (χ1n) is 5.29. The zero-order valence-corrected chi connectivity index (χ0v) is 9.31. The monoisotopic (exact) mass is 218 g/mol. The molecule has 0 bridgehead atoms. The minimum absolute atomic E-state index is 0. The van der Waals surface area contributed by atoms with Gasteiger partial charge in [0, 0.05) is 18.6 Å². The summed E-state index contributed by atoms with van der Waals surface area (Å²) in [6.45, 7) is 3.01. The van der Waals surface area contributed by atoms with E-state index in [0.717, 1.165) is 32.5 Å². The standard InChI is InChI=1S/C10H18N2O.ClH/c13-9-12-7-3-5-10(8-12)4-1-2-6-11-10;/h9,11H,1-8H2;1H. The van der Waals surface area contributed by atoms with Gasteiger partial charge in [-0.05, 0) is 32.2 Å². The van der Waals surface area contributed by atoms with Crippen LogP contribution >= 0.6 is 12.4 Å². The summed E-state index contributed by atoms with van der Waals surface area (Å²) in [5, 5.41) is 3.60. The van der Waals surface area contributed by atoms with Crippen LogP contribution in [0.4, 0.5) is 0 Å². The molecule has 1 atom stereocenters. The Morgan fingerprint density at radius 3 is 2.64 bits per heavy atom. The Hall–Kier alpha value is -0.280. The summed E-state index contributed by atoms with van der Waals surface area (Å²) < 4.78 is 0. The lowest BCUT2D eigenvalue weighted by molar-refractivity contribution is -0.120. The van der Waals surface area contributed by atoms with Crippen LogP contribution in [0, 0.1) is 0 Å². The number of carbonyl (C=O) groups excluding carboxylic acids is 1. The van der Waals surface area contributed by atoms with Crippen LogP contribution in [0.2, 0.25) is 0 Å². The van der Waals surface area contributed by atoms with Crippen LogP contribution in [0.3, 0.4) is 0 Å². The molecule has 2 rings (SSSR count). The summed E-state index contributed by atoms with van der Waals surface area (Å²) in [5.74, 6) is 0. The Morgan fingerprint density at radius 1 is 1.21 bits per heavy atom. The predicted octanol–water partition coefficient (Wildman–Crippen LogP) is 1.17. The van der Waals surface area contributed by atoms with Crippen LogP contribution < -0.4 is 5.32 Å². The summed E-state index contributed by atoms with van der Waals surface area (Å²) in [5.41, 5.74) is 0.275. The molecule has 0 aromatic carbocycles. The van der Waals surface area contributed by atoms with Crippen molar-refractivity contribution in [1.29, 1.82) is 0 Å². The van der Waals surface area contributed by atoms with Gasteiger partial charge in [0.25, 0.3) is 0 Å². The van der Waals surface area contributed by atoms with Gasteiger partial charge in [0.05, 0.1) is 0 Å². The van der Waals surface area contributed by atoms with E-state index in [-0.39, 0.29) is 17.9 Å². The molecule has 0 aliphatic carbocycles. The minimum atomic E-state index is 0. The highest BCUT2D eigenvalue weighted by Gasteiger charge is 2.35. The van der Waals surface area contributed by atoms with Gasteiger partial charge in [0.1, 0.15) is 0 Å². The van der Waals surface area contributed by atoms with E-state index < -0.39 is 0 Å². The fourth-order valence-electron chi connectivity index (χ4n) is 2.64. The lowest BCUT2D eigenvalue weighted by atomic mass is 9.82. The van der Waals surface area contributed by atoms with Crippen molar-refractivity contribution in [2.45, 2.75) is 37.6 Å². The number of carbonyl (C=O) groups is 1. The van der Waals surface area contributed by atoms with E-state index in [2.05, 4.69) is 5.32 Å². The SMILES string of the molecule is Cl.O=CN1CCCC2(CCCCN2)C1. The summed E-state index contributed by atoms with van der Waals surface area (Å²) in [4.78, 5) is 12.6. The minimum Gasteiger partial charge on any atom is -0.343 e. The van der Waals surface area contributed by atoms with Crippen molar-refractivity contribution in [3.05, 3.63) is 0 Å². The lowest BCUT2D eigenvalue weighted by Crippen LogP contribution is -2.58. The molecule has 0 aromatic rings. The molecule has 4 heteroatoms. The predicted molar refractivity (Wildman–Crippen MR) is 58.7 cm³/mol. The molecular formula is C10H19ClN2O. The van der Waals surface area contributed by atoms with Crippen LogP contribution in [0.15, 0.2) is 0 Å². The largest absolute Gasteiger partial charge is 0.343 e. The average Bonchev–Trinajstić information content (AvgIpc) is 2.19. The maximum atomic E-state index is 10.7. The lowest BCUT2D eigenvalue weighted by Gasteiger charge is -2.44. The Kier molecular flexibility index (Phi) is 4.20. The second kappa shape index (κ2) is 4.99. The van der Waals surface area contributed by atoms with Crippen LogP contribution in [0.1, 0.15) is 32.1 Å². The molecule has 2 heterocycles. The average molecular weight is 219 g/mol. The van der Waals surface area contributed by atoms with E-state index >= 15 is 0 Å². The van der Waals surface area contributed by atoms with Crippen LogP contribution in [0.5, 0.6) is 0 Å². The topological polar surface area (TPSA) is 32.3 Å². The van der Waals surface area contributed by atoms with Crippen molar-refractivity contribution in [3.63, 3.8) is 0 Å². The molecule has 0 saturated carbocycles. The highest BCUT2D eigenvalue weighted by molar-refractivity contribution is 5.85. The van der Waals surface area contributed by atoms with E-state index in [1.807, 2.05) is 4.90 Å². The van der Waals surface area contributed by atoms with Gasteiger partial charge >= 0.3 is 0 Å². The second-order valence-corrected chi connectivity index (χ2v) is 4.34. The number of likely N-dealkylation sites (tertiary alicyclic amines) is 1. The molecule has 3 nitrogen and oxygen atoms in total. The molecule has 0 aromatic heterocycles. The first kappa shape index (κ1) is 11.8. The third-order valence-corrected chi connectivity index (χ3v) is 3.34. The van der Waals surface area contributed by atoms with E-state index in [1.165, 1.54) is 25.7 Å². The van der Waals surface area contributed by atoms with Crippen molar-refractivity contribution in [1.82, 2.24) is 10.2 Å². The van der Waals surface area contributed by atoms with E-state index in [1.54, 1.807) is 0 Å². The zero-order chi connectivity index (χ0) is 9.15. The van der Waals surface area contributed by atoms with Crippen molar-refractivity contribution >= 4 is 18.8 Å². The fraction of sp³-hybridized carbons (Fsp3) is 0.900. The molecule has 1 spiro atoms. The first-order valence-corrected chi connectivity index (χ1v) is 5.29. The van der Waals surface area contributed by atoms with Crippen molar-refractivity contribution in [2.75, 3.05) is 19.6 Å². The molecule has 1 N–H and O–H groups in total. The number of halogens is 1. The fourth-order valence-corrected chi connectivity index (χ4v) is 2.64. The van der Waals surface area contributed by atoms with Crippen molar-refractivity contribution < 1.29 is 4.79 Å². The smallest absolute Gasteiger partial charge is 0.209 e. The van der Waals surface area contributed by atoms with E-state index in [9.17, 15) is 4.79 Å². The van der Waals surface area contributed by atoms with Gasteiger partial charge in [0.2, 0.25) is 6.41 Å². The second-order valence-electron chi connectivity index (χ2n) is 4.34. The van der Waals surface area contributed by atoms with Gasteiger partial charge in [-0.25, -0.2) is 0 Å². The molecule has 0 radical (unpaired) electrons. The number of hydrogen-bond acceptors (Lipinski definition) is 2. The molecule has 1 amide bonds. The Labute approximate surface area is 91.6 Å². The number of rotatable bonds is 1. The third kappa shape index (κ3) is 2.39. The van der Waals surface area contributed by atoms with Crippen LogP contribution in [-0.4, -0.2) is 36.5 Å². The summed E-state index contributed by atoms with van der Waals surface area (Å²) in [7, 11) is 0. The normalized spacial score (nSPS) is 32.4. The molecule has 1 unspecified atom stereocenters. The third-order valence-electron chi connectivity index (χ3n) is 3.34. The van der Waals surface area contributed by atoms with Crippen LogP contribution in [0.25, 0.3) is 0 Å². The van der Waals surface area contributed by atoms with Gasteiger partial charge < -0.3 is 10.2 Å². The zero-order valence-electron chi connectivity index (χ0n) is 8.50. The molecular weight excluding hydrogens is 200 g/mol. The number of nitrogens with zero attached hydrogens (tertiary/aromatic N) is 1. The van der Waals surface area contributed by atoms with Gasteiger partial charge in [-0.15, -0.1) is 12.4 Å². The highest BCUT2D eigenvalue weighted by Crippen LogP contribution is 2.28. The Balaban J connectivity index is 0.000000980. The molecule has 2 fully saturated rings. The van der Waals surface area contributed by atoms with Gasteiger partial charge in [-0.1, -0.05) is 6.42 Å². The van der Waals surface area contributed by atoms with Crippen molar-refractivity contribution in [2.24, 2.45) is 0 Å². The highest BCUT2D eigenvalue weighted by atomic mass is 35.5. The molecule has 2 aliphatic rings. The van der Waals surface area contributed by atoms with Gasteiger partial charge in [-0.3, -0.25) is 4.79 Å². The number of hydrogen-bond donors (Lipinski definition) is 1. The quantitative estimate of drug-likeness (QED) is 0.671. The molecule has 82 valence electrons. The number of piperidine rings is 2. The van der Waals surface area contributed by atoms with Crippen LogP contribution in [-0.2, 0) is 4.79 Å².